The largest absolute Gasteiger partial charge is 0.495 e. The molecule has 1 spiro atoms. The number of methoxy groups -OCH3 is 1. The molecule has 1 aliphatic carbocycles. The van der Waals surface area contributed by atoms with Gasteiger partial charge in [-0.3, -0.25) is 4.79 Å². The predicted molar refractivity (Wildman–Crippen MR) is 102 cm³/mol. The molecular formula is C21H22ClNO3. The van der Waals surface area contributed by atoms with Crippen molar-refractivity contribution in [3.8, 4) is 11.5 Å². The normalized spacial score (nSPS) is 19.8. The van der Waals surface area contributed by atoms with Crippen molar-refractivity contribution in [3.05, 3.63) is 53.1 Å². The molecular weight excluding hydrogens is 350 g/mol. The molecule has 1 aliphatic heterocycles. The number of fused-ring (bicyclic) bond motifs is 1. The molecule has 1 atom stereocenters. The van der Waals surface area contributed by atoms with Crippen LogP contribution in [0, 0.1) is 0 Å². The monoisotopic (exact) mass is 371 g/mol. The summed E-state index contributed by atoms with van der Waals surface area (Å²) in [5, 5.41) is 3.65. The Morgan fingerprint density at radius 1 is 1.31 bits per heavy atom. The predicted octanol–water partition coefficient (Wildman–Crippen LogP) is 5.17. The summed E-state index contributed by atoms with van der Waals surface area (Å²) in [6.07, 6.45) is 4.55. The number of carbonyl (C=O) groups is 1. The number of ether oxygens (including phenoxy) is 2. The number of hydrogen-bond donors (Lipinski definition) is 1. The zero-order valence-electron chi connectivity index (χ0n) is 14.8. The second-order valence-electron chi connectivity index (χ2n) is 7.17. The molecule has 1 heterocycles. The van der Waals surface area contributed by atoms with Crippen molar-refractivity contribution in [1.82, 2.24) is 0 Å². The lowest BCUT2D eigenvalue weighted by Crippen LogP contribution is -2.47. The van der Waals surface area contributed by atoms with E-state index in [1.807, 2.05) is 42.5 Å². The highest BCUT2D eigenvalue weighted by atomic mass is 35.5. The zero-order chi connectivity index (χ0) is 18.1. The minimum absolute atomic E-state index is 0.0261. The SMILES string of the molecule is COc1ccccc1NC(=O)CC1CC2(CCC2)Oc2ccc(Cl)cc21. The van der Waals surface area contributed by atoms with Gasteiger partial charge in [-0.2, -0.15) is 0 Å². The summed E-state index contributed by atoms with van der Waals surface area (Å²) >= 11 is 6.19. The van der Waals surface area contributed by atoms with Crippen LogP contribution in [-0.4, -0.2) is 18.6 Å². The van der Waals surface area contributed by atoms with Crippen molar-refractivity contribution >= 4 is 23.2 Å². The van der Waals surface area contributed by atoms with Gasteiger partial charge in [-0.05, 0) is 61.6 Å². The molecule has 1 amide bonds. The molecule has 2 aromatic carbocycles. The van der Waals surface area contributed by atoms with E-state index in [0.717, 1.165) is 30.6 Å². The van der Waals surface area contributed by atoms with Crippen molar-refractivity contribution in [1.29, 1.82) is 0 Å². The van der Waals surface area contributed by atoms with Crippen LogP contribution < -0.4 is 14.8 Å². The van der Waals surface area contributed by atoms with Gasteiger partial charge in [0.2, 0.25) is 5.91 Å². The molecule has 0 saturated heterocycles. The standard InChI is InChI=1S/C21H22ClNO3/c1-25-19-6-3-2-5-17(19)23-20(24)11-14-13-21(9-4-10-21)26-18-8-7-15(22)12-16(14)18/h2-3,5-8,12,14H,4,9-11,13H2,1H3,(H,23,24). The maximum Gasteiger partial charge on any atom is 0.225 e. The van der Waals surface area contributed by atoms with E-state index in [4.69, 9.17) is 21.1 Å². The molecule has 2 aromatic rings. The molecule has 0 radical (unpaired) electrons. The number of carbonyl (C=O) groups excluding carboxylic acids is 1. The maximum absolute atomic E-state index is 12.7. The first-order valence-corrected chi connectivity index (χ1v) is 9.38. The van der Waals surface area contributed by atoms with E-state index in [1.54, 1.807) is 7.11 Å². The van der Waals surface area contributed by atoms with E-state index in [-0.39, 0.29) is 17.4 Å². The zero-order valence-corrected chi connectivity index (χ0v) is 15.5. The Bertz CT molecular complexity index is 832. The first-order valence-electron chi connectivity index (χ1n) is 9.00. The minimum Gasteiger partial charge on any atom is -0.495 e. The Balaban J connectivity index is 1.55. The molecule has 4 nitrogen and oxygen atoms in total. The topological polar surface area (TPSA) is 47.6 Å². The Kier molecular flexibility index (Phi) is 4.53. The summed E-state index contributed by atoms with van der Waals surface area (Å²) in [4.78, 5) is 12.7. The third-order valence-electron chi connectivity index (χ3n) is 5.43. The van der Waals surface area contributed by atoms with E-state index in [2.05, 4.69) is 5.32 Å². The second-order valence-corrected chi connectivity index (χ2v) is 7.61. The fourth-order valence-corrected chi connectivity index (χ4v) is 4.18. The van der Waals surface area contributed by atoms with Gasteiger partial charge < -0.3 is 14.8 Å². The minimum atomic E-state index is -0.101. The Hall–Kier alpha value is -2.20. The maximum atomic E-state index is 12.7. The molecule has 1 fully saturated rings. The average molecular weight is 372 g/mol. The Morgan fingerprint density at radius 3 is 2.85 bits per heavy atom. The number of benzene rings is 2. The summed E-state index contributed by atoms with van der Waals surface area (Å²) in [7, 11) is 1.60. The van der Waals surface area contributed by atoms with Gasteiger partial charge in [0.15, 0.2) is 0 Å². The number of hydrogen-bond acceptors (Lipinski definition) is 3. The Morgan fingerprint density at radius 2 is 2.12 bits per heavy atom. The Labute approximate surface area is 158 Å². The smallest absolute Gasteiger partial charge is 0.225 e. The molecule has 1 unspecified atom stereocenters. The number of para-hydroxylation sites is 2. The lowest BCUT2D eigenvalue weighted by atomic mass is 9.70. The molecule has 4 rings (SSSR count). The highest BCUT2D eigenvalue weighted by molar-refractivity contribution is 6.30. The van der Waals surface area contributed by atoms with E-state index in [1.165, 1.54) is 6.42 Å². The van der Waals surface area contributed by atoms with Gasteiger partial charge in [-0.15, -0.1) is 0 Å². The van der Waals surface area contributed by atoms with Crippen molar-refractivity contribution in [3.63, 3.8) is 0 Å². The van der Waals surface area contributed by atoms with Crippen LogP contribution in [0.3, 0.4) is 0 Å². The van der Waals surface area contributed by atoms with Crippen LogP contribution >= 0.6 is 11.6 Å². The summed E-state index contributed by atoms with van der Waals surface area (Å²) in [5.41, 5.74) is 1.62. The van der Waals surface area contributed by atoms with Gasteiger partial charge in [-0.25, -0.2) is 0 Å². The van der Waals surface area contributed by atoms with E-state index in [9.17, 15) is 4.79 Å². The van der Waals surface area contributed by atoms with E-state index in [0.29, 0.717) is 22.9 Å². The van der Waals surface area contributed by atoms with Gasteiger partial charge in [0.25, 0.3) is 0 Å². The third kappa shape index (κ3) is 3.26. The fraction of sp³-hybridized carbons (Fsp3) is 0.381. The molecule has 2 aliphatic rings. The van der Waals surface area contributed by atoms with Gasteiger partial charge in [0.05, 0.1) is 12.8 Å². The van der Waals surface area contributed by atoms with Gasteiger partial charge >= 0.3 is 0 Å². The van der Waals surface area contributed by atoms with Gasteiger partial charge in [0.1, 0.15) is 17.1 Å². The number of halogens is 1. The summed E-state index contributed by atoms with van der Waals surface area (Å²) < 4.78 is 11.6. The van der Waals surface area contributed by atoms with Crippen molar-refractivity contribution < 1.29 is 14.3 Å². The number of anilines is 1. The molecule has 5 heteroatoms. The van der Waals surface area contributed by atoms with Crippen molar-refractivity contribution in [2.24, 2.45) is 0 Å². The number of rotatable bonds is 4. The molecule has 1 N–H and O–H groups in total. The molecule has 0 bridgehead atoms. The third-order valence-corrected chi connectivity index (χ3v) is 5.67. The molecule has 1 saturated carbocycles. The molecule has 26 heavy (non-hydrogen) atoms. The van der Waals surface area contributed by atoms with Crippen molar-refractivity contribution in [2.75, 3.05) is 12.4 Å². The summed E-state index contributed by atoms with van der Waals surface area (Å²) in [6.45, 7) is 0. The van der Waals surface area contributed by atoms with Gasteiger partial charge in [-0.1, -0.05) is 23.7 Å². The second kappa shape index (κ2) is 6.84. The first-order chi connectivity index (χ1) is 12.6. The van der Waals surface area contributed by atoms with Crippen LogP contribution in [0.4, 0.5) is 5.69 Å². The van der Waals surface area contributed by atoms with Crippen LogP contribution in [0.15, 0.2) is 42.5 Å². The van der Waals surface area contributed by atoms with E-state index >= 15 is 0 Å². The quantitative estimate of drug-likeness (QED) is 0.806. The average Bonchev–Trinajstić information content (AvgIpc) is 2.61. The molecule has 0 aromatic heterocycles. The van der Waals surface area contributed by atoms with Crippen molar-refractivity contribution in [2.45, 2.75) is 43.6 Å². The van der Waals surface area contributed by atoms with Crippen LogP contribution in [-0.2, 0) is 4.79 Å². The highest BCUT2D eigenvalue weighted by Gasteiger charge is 2.45. The van der Waals surface area contributed by atoms with E-state index < -0.39 is 0 Å². The van der Waals surface area contributed by atoms with Crippen LogP contribution in [0.25, 0.3) is 0 Å². The lowest BCUT2D eigenvalue weighted by molar-refractivity contribution is -0.117. The van der Waals surface area contributed by atoms with Crippen LogP contribution in [0.2, 0.25) is 5.02 Å². The lowest BCUT2D eigenvalue weighted by Gasteiger charge is -2.48. The number of nitrogens with one attached hydrogen (secondary N) is 1. The summed E-state index contributed by atoms with van der Waals surface area (Å²) in [6, 6.07) is 13.2. The fourth-order valence-electron chi connectivity index (χ4n) is 4.00. The molecule has 136 valence electrons. The van der Waals surface area contributed by atoms with Crippen LogP contribution in [0.1, 0.15) is 43.6 Å². The first kappa shape index (κ1) is 17.2. The number of amides is 1. The van der Waals surface area contributed by atoms with Gasteiger partial charge in [0, 0.05) is 17.4 Å². The highest BCUT2D eigenvalue weighted by Crippen LogP contribution is 2.51. The summed E-state index contributed by atoms with van der Waals surface area (Å²) in [5.74, 6) is 1.61. The van der Waals surface area contributed by atoms with Crippen LogP contribution in [0.5, 0.6) is 11.5 Å².